The van der Waals surface area contributed by atoms with Crippen molar-refractivity contribution in [1.29, 1.82) is 0 Å². The van der Waals surface area contributed by atoms with Crippen LogP contribution in [0.1, 0.15) is 33.5 Å². The number of hydrogen-bond acceptors (Lipinski definition) is 4. The Kier molecular flexibility index (Phi) is 10.4. The van der Waals surface area contributed by atoms with Crippen LogP contribution in [-0.4, -0.2) is 63.1 Å². The number of fused-ring (bicyclic) bond motifs is 1. The van der Waals surface area contributed by atoms with E-state index < -0.39 is 28.7 Å². The SMILES string of the molecule is Cc1ccccc1-c1cc(CCc2cnc3ccccc3c2)ccc1C(=O)NC(CCS(C)=O)C(=O)O.[Li]. The van der Waals surface area contributed by atoms with E-state index in [2.05, 4.69) is 22.4 Å². The predicted molar refractivity (Wildman–Crippen MR) is 154 cm³/mol. The number of carboxylic acids is 1. The summed E-state index contributed by atoms with van der Waals surface area (Å²) in [6.45, 7) is 1.99. The summed E-state index contributed by atoms with van der Waals surface area (Å²) in [5.41, 5.74) is 6.28. The fourth-order valence-electron chi connectivity index (χ4n) is 4.36. The van der Waals surface area contributed by atoms with E-state index in [-0.39, 0.29) is 31.0 Å². The van der Waals surface area contributed by atoms with E-state index in [1.165, 1.54) is 6.26 Å². The molecule has 0 spiro atoms. The van der Waals surface area contributed by atoms with Crippen LogP contribution in [-0.2, 0) is 28.4 Å². The predicted octanol–water partition coefficient (Wildman–Crippen LogP) is 4.57. The van der Waals surface area contributed by atoms with Gasteiger partial charge in [-0.25, -0.2) is 4.79 Å². The molecule has 0 aliphatic carbocycles. The molecule has 0 bridgehead atoms. The Bertz CT molecular complexity index is 1470. The molecule has 0 saturated heterocycles. The van der Waals surface area contributed by atoms with E-state index in [4.69, 9.17) is 0 Å². The van der Waals surface area contributed by atoms with E-state index in [0.29, 0.717) is 5.56 Å². The topological polar surface area (TPSA) is 96.4 Å². The van der Waals surface area contributed by atoms with Crippen LogP contribution in [0.15, 0.2) is 79.0 Å². The largest absolute Gasteiger partial charge is 0.480 e. The number of carboxylic acid groups (broad SMARTS) is 1. The van der Waals surface area contributed by atoms with Crippen molar-refractivity contribution in [2.75, 3.05) is 12.0 Å². The number of nitrogens with zero attached hydrogens (tertiary/aromatic N) is 1. The van der Waals surface area contributed by atoms with Gasteiger partial charge in [-0.1, -0.05) is 54.6 Å². The van der Waals surface area contributed by atoms with Crippen molar-refractivity contribution in [2.24, 2.45) is 0 Å². The summed E-state index contributed by atoms with van der Waals surface area (Å²) in [7, 11) is -1.15. The number of pyridine rings is 1. The van der Waals surface area contributed by atoms with Gasteiger partial charge >= 0.3 is 5.97 Å². The minimum absolute atomic E-state index is 0. The van der Waals surface area contributed by atoms with Gasteiger partial charge in [-0.05, 0) is 72.2 Å². The Morgan fingerprint density at radius 1 is 0.947 bits per heavy atom. The fraction of sp³-hybridized carbons (Fsp3) is 0.233. The number of hydrogen-bond donors (Lipinski definition) is 2. The van der Waals surface area contributed by atoms with Crippen LogP contribution >= 0.6 is 0 Å². The van der Waals surface area contributed by atoms with Crippen molar-refractivity contribution in [2.45, 2.75) is 32.2 Å². The number of aromatic nitrogens is 1. The second-order valence-electron chi connectivity index (χ2n) is 9.16. The van der Waals surface area contributed by atoms with Crippen molar-refractivity contribution in [1.82, 2.24) is 10.3 Å². The van der Waals surface area contributed by atoms with Gasteiger partial charge in [0.15, 0.2) is 0 Å². The molecule has 0 aliphatic rings. The molecule has 0 saturated carbocycles. The van der Waals surface area contributed by atoms with Crippen molar-refractivity contribution in [3.63, 3.8) is 0 Å². The molecule has 1 aromatic heterocycles. The number of nitrogens with one attached hydrogen (secondary N) is 1. The number of carbonyl (C=O) groups is 2. The van der Waals surface area contributed by atoms with Gasteiger partial charge in [0.1, 0.15) is 6.04 Å². The molecule has 1 amide bonds. The smallest absolute Gasteiger partial charge is 0.326 e. The van der Waals surface area contributed by atoms with Crippen molar-refractivity contribution in [3.05, 3.63) is 101 Å². The number of amides is 1. The molecule has 3 aromatic carbocycles. The number of aliphatic carboxylic acids is 1. The van der Waals surface area contributed by atoms with Gasteiger partial charge in [0.25, 0.3) is 5.91 Å². The molecule has 2 unspecified atom stereocenters. The maximum atomic E-state index is 13.3. The number of para-hydroxylation sites is 1. The number of benzene rings is 3. The van der Waals surface area contributed by atoms with Gasteiger partial charge in [-0.2, -0.15) is 0 Å². The summed E-state index contributed by atoms with van der Waals surface area (Å²) in [5, 5.41) is 13.3. The van der Waals surface area contributed by atoms with Crippen LogP contribution in [0.2, 0.25) is 0 Å². The summed E-state index contributed by atoms with van der Waals surface area (Å²) in [6, 6.07) is 22.6. The molecular weight excluding hydrogens is 491 g/mol. The monoisotopic (exact) mass is 521 g/mol. The van der Waals surface area contributed by atoms with Crippen LogP contribution in [0.4, 0.5) is 0 Å². The van der Waals surface area contributed by atoms with Crippen molar-refractivity contribution in [3.8, 4) is 11.1 Å². The van der Waals surface area contributed by atoms with Crippen LogP contribution in [0.3, 0.4) is 0 Å². The minimum Gasteiger partial charge on any atom is -0.480 e. The summed E-state index contributed by atoms with van der Waals surface area (Å²) < 4.78 is 11.5. The molecular formula is C30H30LiN2O4S. The molecule has 1 radical (unpaired) electrons. The average Bonchev–Trinajstić information content (AvgIpc) is 2.89. The maximum absolute atomic E-state index is 13.3. The molecule has 2 atom stereocenters. The van der Waals surface area contributed by atoms with Gasteiger partial charge in [-0.3, -0.25) is 14.0 Å². The molecule has 2 N–H and O–H groups in total. The zero-order valence-electron chi connectivity index (χ0n) is 21.9. The van der Waals surface area contributed by atoms with E-state index in [1.54, 1.807) is 6.07 Å². The van der Waals surface area contributed by atoms with E-state index >= 15 is 0 Å². The van der Waals surface area contributed by atoms with Gasteiger partial charge in [-0.15, -0.1) is 0 Å². The summed E-state index contributed by atoms with van der Waals surface area (Å²) in [5.74, 6) is -1.40. The Balaban J connectivity index is 0.00000400. The molecule has 0 fully saturated rings. The second kappa shape index (κ2) is 13.5. The Morgan fingerprint density at radius 3 is 2.39 bits per heavy atom. The summed E-state index contributed by atoms with van der Waals surface area (Å²) in [4.78, 5) is 29.5. The number of carbonyl (C=O) groups excluding carboxylic acids is 1. The molecule has 4 aromatic rings. The zero-order valence-corrected chi connectivity index (χ0v) is 22.8. The molecule has 38 heavy (non-hydrogen) atoms. The Morgan fingerprint density at radius 2 is 1.66 bits per heavy atom. The molecule has 191 valence electrons. The van der Waals surface area contributed by atoms with Gasteiger partial charge in [0.2, 0.25) is 0 Å². The zero-order chi connectivity index (χ0) is 26.4. The van der Waals surface area contributed by atoms with Crippen LogP contribution in [0.5, 0.6) is 0 Å². The quantitative estimate of drug-likeness (QED) is 0.298. The second-order valence-corrected chi connectivity index (χ2v) is 10.7. The summed E-state index contributed by atoms with van der Waals surface area (Å²) in [6.07, 6.45) is 5.08. The Hall–Kier alpha value is -3.24. The van der Waals surface area contributed by atoms with Crippen molar-refractivity contribution < 1.29 is 18.9 Å². The van der Waals surface area contributed by atoms with Crippen LogP contribution in [0.25, 0.3) is 22.0 Å². The minimum atomic E-state index is -1.15. The molecule has 6 nitrogen and oxygen atoms in total. The van der Waals surface area contributed by atoms with E-state index in [0.717, 1.165) is 51.6 Å². The first-order valence-electron chi connectivity index (χ1n) is 12.2. The molecule has 4 rings (SSSR count). The standard InChI is InChI=1S/C30H30N2O4S.Li/c1-20-7-3-5-9-24(20)26-18-21(11-12-22-17-23-8-4-6-10-27(23)31-19-22)13-14-25(26)29(33)32-28(30(34)35)15-16-37(2)36;/h3-10,13-14,17-19,28H,11-12,15-16H2,1-2H3,(H,32,33)(H,34,35);. The van der Waals surface area contributed by atoms with E-state index in [9.17, 15) is 18.9 Å². The third kappa shape index (κ3) is 7.41. The first kappa shape index (κ1) is 29.3. The number of rotatable bonds is 10. The third-order valence-corrected chi connectivity index (χ3v) is 7.22. The Labute approximate surface area is 237 Å². The van der Waals surface area contributed by atoms with Crippen LogP contribution in [0, 0.1) is 6.92 Å². The first-order chi connectivity index (χ1) is 17.8. The third-order valence-electron chi connectivity index (χ3n) is 6.41. The summed E-state index contributed by atoms with van der Waals surface area (Å²) >= 11 is 0. The average molecular weight is 522 g/mol. The van der Waals surface area contributed by atoms with Gasteiger partial charge in [0, 0.05) is 58.8 Å². The van der Waals surface area contributed by atoms with Gasteiger partial charge < -0.3 is 10.4 Å². The van der Waals surface area contributed by atoms with E-state index in [1.807, 2.05) is 67.7 Å². The van der Waals surface area contributed by atoms with Crippen LogP contribution < -0.4 is 5.32 Å². The molecule has 0 aliphatic heterocycles. The van der Waals surface area contributed by atoms with Crippen molar-refractivity contribution >= 4 is 52.4 Å². The normalized spacial score (nSPS) is 12.4. The molecule has 1 heterocycles. The maximum Gasteiger partial charge on any atom is 0.326 e. The fourth-order valence-corrected chi connectivity index (χ4v) is 4.93. The molecule has 8 heteroatoms. The number of aryl methyl sites for hydroxylation is 3. The first-order valence-corrected chi connectivity index (χ1v) is 13.9. The van der Waals surface area contributed by atoms with Gasteiger partial charge in [0.05, 0.1) is 5.52 Å².